The Labute approximate surface area is 84.5 Å². The highest BCUT2D eigenvalue weighted by Gasteiger charge is 2.06. The molecule has 3 N–H and O–H groups in total. The van der Waals surface area contributed by atoms with E-state index in [1.807, 2.05) is 20.8 Å². The molecule has 1 atom stereocenters. The molecular weight excluding hydrogens is 178 g/mol. The molecule has 0 radical (unpaired) electrons. The van der Waals surface area contributed by atoms with Crippen LogP contribution in [0, 0.1) is 13.8 Å². The Kier molecular flexibility index (Phi) is 3.36. The number of hydrogen-bond acceptors (Lipinski definition) is 3. The minimum absolute atomic E-state index is 0.0163. The summed E-state index contributed by atoms with van der Waals surface area (Å²) < 4.78 is 5.55. The van der Waals surface area contributed by atoms with Crippen LogP contribution in [0.2, 0.25) is 0 Å². The third kappa shape index (κ3) is 2.64. The van der Waals surface area contributed by atoms with E-state index in [2.05, 4.69) is 0 Å². The van der Waals surface area contributed by atoms with Crippen molar-refractivity contribution in [1.29, 1.82) is 0 Å². The first-order valence-corrected chi connectivity index (χ1v) is 4.69. The Morgan fingerprint density at radius 2 is 1.86 bits per heavy atom. The largest absolute Gasteiger partial charge is 0.508 e. The van der Waals surface area contributed by atoms with Gasteiger partial charge in [0.05, 0.1) is 0 Å². The second-order valence-corrected chi connectivity index (χ2v) is 3.70. The predicted octanol–water partition coefficient (Wildman–Crippen LogP) is 1.74. The molecule has 0 saturated heterocycles. The second kappa shape index (κ2) is 4.33. The summed E-state index contributed by atoms with van der Waals surface area (Å²) in [6.07, 6.45) is 0. The van der Waals surface area contributed by atoms with Gasteiger partial charge in [0.2, 0.25) is 0 Å². The summed E-state index contributed by atoms with van der Waals surface area (Å²) >= 11 is 0. The van der Waals surface area contributed by atoms with Crippen molar-refractivity contribution in [2.75, 3.05) is 6.61 Å². The monoisotopic (exact) mass is 195 g/mol. The van der Waals surface area contributed by atoms with E-state index in [9.17, 15) is 5.11 Å². The first-order chi connectivity index (χ1) is 6.50. The SMILES string of the molecule is Cc1cc(O)cc(C)c1OCC(C)N. The number of nitrogens with two attached hydrogens (primary N) is 1. The number of phenolic OH excluding ortho intramolecular Hbond substituents is 1. The summed E-state index contributed by atoms with van der Waals surface area (Å²) in [5.41, 5.74) is 7.46. The third-order valence-electron chi connectivity index (χ3n) is 1.94. The molecule has 0 aromatic heterocycles. The van der Waals surface area contributed by atoms with Crippen LogP contribution in [0.15, 0.2) is 12.1 Å². The molecule has 1 aromatic carbocycles. The number of aromatic hydroxyl groups is 1. The average Bonchev–Trinajstić information content (AvgIpc) is 2.01. The van der Waals surface area contributed by atoms with Gasteiger partial charge in [-0.15, -0.1) is 0 Å². The van der Waals surface area contributed by atoms with E-state index in [0.29, 0.717) is 6.61 Å². The van der Waals surface area contributed by atoms with Gasteiger partial charge in [-0.25, -0.2) is 0 Å². The van der Waals surface area contributed by atoms with Crippen molar-refractivity contribution in [2.24, 2.45) is 5.73 Å². The summed E-state index contributed by atoms with van der Waals surface area (Å²) in [6.45, 7) is 6.20. The lowest BCUT2D eigenvalue weighted by Gasteiger charge is -2.13. The van der Waals surface area contributed by atoms with E-state index in [-0.39, 0.29) is 11.8 Å². The zero-order valence-corrected chi connectivity index (χ0v) is 8.87. The molecule has 0 aliphatic rings. The summed E-state index contributed by atoms with van der Waals surface area (Å²) in [7, 11) is 0. The maximum absolute atomic E-state index is 9.32. The lowest BCUT2D eigenvalue weighted by atomic mass is 10.1. The molecule has 0 fully saturated rings. The van der Waals surface area contributed by atoms with Gasteiger partial charge in [-0.3, -0.25) is 0 Å². The molecule has 0 aliphatic heterocycles. The molecule has 0 amide bonds. The zero-order chi connectivity index (χ0) is 10.7. The van der Waals surface area contributed by atoms with Gasteiger partial charge in [-0.2, -0.15) is 0 Å². The molecule has 0 bridgehead atoms. The Hall–Kier alpha value is -1.22. The van der Waals surface area contributed by atoms with Crippen LogP contribution >= 0.6 is 0 Å². The highest BCUT2D eigenvalue weighted by atomic mass is 16.5. The molecule has 14 heavy (non-hydrogen) atoms. The van der Waals surface area contributed by atoms with Crippen LogP contribution in [0.4, 0.5) is 0 Å². The highest BCUT2D eigenvalue weighted by Crippen LogP contribution is 2.27. The summed E-state index contributed by atoms with van der Waals surface area (Å²) in [6, 6.07) is 3.38. The Balaban J connectivity index is 2.86. The van der Waals surface area contributed by atoms with Crippen LogP contribution in [-0.4, -0.2) is 17.8 Å². The molecule has 3 nitrogen and oxygen atoms in total. The molecule has 0 spiro atoms. The van der Waals surface area contributed by atoms with E-state index >= 15 is 0 Å². The fourth-order valence-electron chi connectivity index (χ4n) is 1.37. The molecule has 0 heterocycles. The molecule has 78 valence electrons. The van der Waals surface area contributed by atoms with Crippen molar-refractivity contribution in [1.82, 2.24) is 0 Å². The fourth-order valence-corrected chi connectivity index (χ4v) is 1.37. The van der Waals surface area contributed by atoms with Gasteiger partial charge in [-0.05, 0) is 44.0 Å². The highest BCUT2D eigenvalue weighted by molar-refractivity contribution is 5.45. The van der Waals surface area contributed by atoms with Gasteiger partial charge in [0.15, 0.2) is 0 Å². The normalized spacial score (nSPS) is 12.6. The van der Waals surface area contributed by atoms with Crippen LogP contribution in [0.1, 0.15) is 18.1 Å². The van der Waals surface area contributed by atoms with E-state index in [1.165, 1.54) is 0 Å². The van der Waals surface area contributed by atoms with Gasteiger partial charge >= 0.3 is 0 Å². The number of ether oxygens (including phenoxy) is 1. The zero-order valence-electron chi connectivity index (χ0n) is 8.87. The van der Waals surface area contributed by atoms with Crippen molar-refractivity contribution < 1.29 is 9.84 Å². The lowest BCUT2D eigenvalue weighted by Crippen LogP contribution is -2.24. The second-order valence-electron chi connectivity index (χ2n) is 3.70. The van der Waals surface area contributed by atoms with Crippen LogP contribution in [0.25, 0.3) is 0 Å². The van der Waals surface area contributed by atoms with E-state index < -0.39 is 0 Å². The minimum Gasteiger partial charge on any atom is -0.508 e. The van der Waals surface area contributed by atoms with E-state index in [4.69, 9.17) is 10.5 Å². The van der Waals surface area contributed by atoms with Crippen molar-refractivity contribution >= 4 is 0 Å². The molecular formula is C11H17NO2. The molecule has 1 rings (SSSR count). The standard InChI is InChI=1S/C11H17NO2/c1-7-4-10(13)5-8(2)11(7)14-6-9(3)12/h4-5,9,13H,6,12H2,1-3H3. The molecule has 3 heteroatoms. The molecule has 0 saturated carbocycles. The van der Waals surface area contributed by atoms with E-state index in [1.54, 1.807) is 12.1 Å². The maximum Gasteiger partial charge on any atom is 0.125 e. The molecule has 0 aliphatic carbocycles. The number of rotatable bonds is 3. The topological polar surface area (TPSA) is 55.5 Å². The third-order valence-corrected chi connectivity index (χ3v) is 1.94. The Morgan fingerprint density at radius 1 is 1.36 bits per heavy atom. The van der Waals surface area contributed by atoms with Crippen LogP contribution in [-0.2, 0) is 0 Å². The summed E-state index contributed by atoms with van der Waals surface area (Å²) in [5, 5.41) is 9.32. The first-order valence-electron chi connectivity index (χ1n) is 4.69. The first kappa shape index (κ1) is 10.9. The van der Waals surface area contributed by atoms with Crippen molar-refractivity contribution in [3.8, 4) is 11.5 Å². The minimum atomic E-state index is 0.0163. The number of aryl methyl sites for hydroxylation is 2. The number of phenols is 1. The van der Waals surface area contributed by atoms with Gasteiger partial charge < -0.3 is 15.6 Å². The van der Waals surface area contributed by atoms with Crippen LogP contribution in [0.3, 0.4) is 0 Å². The number of benzene rings is 1. The number of hydrogen-bond donors (Lipinski definition) is 2. The lowest BCUT2D eigenvalue weighted by molar-refractivity contribution is 0.292. The smallest absolute Gasteiger partial charge is 0.125 e. The molecule has 1 unspecified atom stereocenters. The van der Waals surface area contributed by atoms with Crippen molar-refractivity contribution in [2.45, 2.75) is 26.8 Å². The average molecular weight is 195 g/mol. The maximum atomic E-state index is 9.32. The van der Waals surface area contributed by atoms with Crippen LogP contribution < -0.4 is 10.5 Å². The predicted molar refractivity (Wildman–Crippen MR) is 56.7 cm³/mol. The Morgan fingerprint density at radius 3 is 2.29 bits per heavy atom. The van der Waals surface area contributed by atoms with Crippen LogP contribution in [0.5, 0.6) is 11.5 Å². The van der Waals surface area contributed by atoms with Gasteiger partial charge in [-0.1, -0.05) is 0 Å². The van der Waals surface area contributed by atoms with Gasteiger partial charge in [0.1, 0.15) is 18.1 Å². The van der Waals surface area contributed by atoms with Gasteiger partial charge in [0.25, 0.3) is 0 Å². The van der Waals surface area contributed by atoms with E-state index in [0.717, 1.165) is 16.9 Å². The Bertz CT molecular complexity index is 298. The summed E-state index contributed by atoms with van der Waals surface area (Å²) in [5.74, 6) is 1.09. The quantitative estimate of drug-likeness (QED) is 0.772. The van der Waals surface area contributed by atoms with Crippen molar-refractivity contribution in [3.63, 3.8) is 0 Å². The summed E-state index contributed by atoms with van der Waals surface area (Å²) in [4.78, 5) is 0. The fraction of sp³-hybridized carbons (Fsp3) is 0.455. The van der Waals surface area contributed by atoms with Crippen molar-refractivity contribution in [3.05, 3.63) is 23.3 Å². The molecule has 1 aromatic rings. The van der Waals surface area contributed by atoms with Gasteiger partial charge in [0, 0.05) is 6.04 Å².